The zero-order valence-corrected chi connectivity index (χ0v) is 16.8. The summed E-state index contributed by atoms with van der Waals surface area (Å²) in [5.74, 6) is 2.05. The standard InChI is InChI=1S/C15H32N4O2S2/c1-6-16-14(18-11-12-22-15(3,4)13-18)17-9-8-10-19(7-2)23(5,20)21/h6-13H2,1-5H3,(H,16,17). The Kier molecular flexibility index (Phi) is 8.17. The maximum absolute atomic E-state index is 11.6. The van der Waals surface area contributed by atoms with Gasteiger partial charge in [-0.25, -0.2) is 12.7 Å². The molecule has 0 aromatic rings. The van der Waals surface area contributed by atoms with Crippen LogP contribution in [0.4, 0.5) is 0 Å². The molecule has 8 heteroatoms. The molecule has 0 spiro atoms. The van der Waals surface area contributed by atoms with Gasteiger partial charge in [-0.05, 0) is 27.2 Å². The summed E-state index contributed by atoms with van der Waals surface area (Å²) in [5.41, 5.74) is 0. The van der Waals surface area contributed by atoms with Gasteiger partial charge in [0.25, 0.3) is 0 Å². The second kappa shape index (κ2) is 9.13. The van der Waals surface area contributed by atoms with E-state index in [1.165, 1.54) is 10.6 Å². The van der Waals surface area contributed by atoms with Crippen molar-refractivity contribution in [3.05, 3.63) is 0 Å². The number of rotatable bonds is 7. The van der Waals surface area contributed by atoms with Crippen LogP contribution in [0.25, 0.3) is 0 Å². The van der Waals surface area contributed by atoms with Gasteiger partial charge < -0.3 is 10.2 Å². The van der Waals surface area contributed by atoms with Gasteiger partial charge in [0.1, 0.15) is 0 Å². The molecule has 0 aromatic carbocycles. The maximum atomic E-state index is 11.6. The first-order valence-corrected chi connectivity index (χ1v) is 11.2. The molecule has 0 unspecified atom stereocenters. The summed E-state index contributed by atoms with van der Waals surface area (Å²) in [4.78, 5) is 7.01. The molecular formula is C15H32N4O2S2. The average molecular weight is 365 g/mol. The Balaban J connectivity index is 2.58. The molecule has 6 nitrogen and oxygen atoms in total. The first-order chi connectivity index (χ1) is 10.7. The molecule has 1 saturated heterocycles. The molecule has 1 fully saturated rings. The van der Waals surface area contributed by atoms with Gasteiger partial charge in [-0.2, -0.15) is 11.8 Å². The summed E-state index contributed by atoms with van der Waals surface area (Å²) in [6.07, 6.45) is 2.00. The van der Waals surface area contributed by atoms with Gasteiger partial charge in [0.05, 0.1) is 6.26 Å². The van der Waals surface area contributed by atoms with Crippen LogP contribution in [-0.2, 0) is 10.0 Å². The van der Waals surface area contributed by atoms with Gasteiger partial charge in [0, 0.05) is 49.8 Å². The van der Waals surface area contributed by atoms with Crippen LogP contribution < -0.4 is 5.32 Å². The van der Waals surface area contributed by atoms with E-state index in [1.54, 1.807) is 0 Å². The lowest BCUT2D eigenvalue weighted by Crippen LogP contribution is -2.51. The molecule has 23 heavy (non-hydrogen) atoms. The van der Waals surface area contributed by atoms with E-state index in [0.717, 1.165) is 37.8 Å². The first-order valence-electron chi connectivity index (χ1n) is 8.32. The molecule has 1 heterocycles. The molecule has 1 rings (SSSR count). The highest BCUT2D eigenvalue weighted by Gasteiger charge is 2.28. The first kappa shape index (κ1) is 20.6. The van der Waals surface area contributed by atoms with E-state index in [1.807, 2.05) is 18.7 Å². The van der Waals surface area contributed by atoms with E-state index in [4.69, 9.17) is 4.99 Å². The molecular weight excluding hydrogens is 332 g/mol. The monoisotopic (exact) mass is 364 g/mol. The summed E-state index contributed by atoms with van der Waals surface area (Å²) >= 11 is 2.00. The smallest absolute Gasteiger partial charge is 0.211 e. The van der Waals surface area contributed by atoms with Crippen LogP contribution in [-0.4, -0.2) is 79.6 Å². The highest BCUT2D eigenvalue weighted by atomic mass is 32.2. The second-order valence-electron chi connectivity index (χ2n) is 6.37. The molecule has 136 valence electrons. The number of aliphatic imine (C=N–C) groups is 1. The molecule has 0 atom stereocenters. The quantitative estimate of drug-likeness (QED) is 0.421. The molecule has 0 aliphatic carbocycles. The number of guanidine groups is 1. The third-order valence-electron chi connectivity index (χ3n) is 3.71. The number of sulfonamides is 1. The Hall–Kier alpha value is -0.470. The topological polar surface area (TPSA) is 65.0 Å². The van der Waals surface area contributed by atoms with Crippen LogP contribution in [0.1, 0.15) is 34.1 Å². The SMILES string of the molecule is CCNC(=NCCCN(CC)S(C)(=O)=O)N1CCSC(C)(C)C1. The molecule has 0 saturated carbocycles. The van der Waals surface area contributed by atoms with Gasteiger partial charge in [0.2, 0.25) is 10.0 Å². The highest BCUT2D eigenvalue weighted by molar-refractivity contribution is 8.00. The van der Waals surface area contributed by atoms with Crippen LogP contribution in [0.2, 0.25) is 0 Å². The highest BCUT2D eigenvalue weighted by Crippen LogP contribution is 2.29. The lowest BCUT2D eigenvalue weighted by Gasteiger charge is -2.39. The maximum Gasteiger partial charge on any atom is 0.211 e. The van der Waals surface area contributed by atoms with Gasteiger partial charge in [-0.3, -0.25) is 4.99 Å². The van der Waals surface area contributed by atoms with E-state index in [9.17, 15) is 8.42 Å². The fraction of sp³-hybridized carbons (Fsp3) is 0.933. The number of hydrogen-bond donors (Lipinski definition) is 1. The number of nitrogens with one attached hydrogen (secondary N) is 1. The molecule has 0 bridgehead atoms. The Bertz CT molecular complexity index is 492. The second-order valence-corrected chi connectivity index (χ2v) is 10.2. The van der Waals surface area contributed by atoms with Crippen molar-refractivity contribution < 1.29 is 8.42 Å². The fourth-order valence-electron chi connectivity index (χ4n) is 2.61. The van der Waals surface area contributed by atoms with E-state index in [0.29, 0.717) is 19.6 Å². The van der Waals surface area contributed by atoms with Gasteiger partial charge in [-0.15, -0.1) is 0 Å². The van der Waals surface area contributed by atoms with Crippen LogP contribution in [0.3, 0.4) is 0 Å². The van der Waals surface area contributed by atoms with Crippen molar-refractivity contribution in [2.45, 2.75) is 38.9 Å². The van der Waals surface area contributed by atoms with E-state index >= 15 is 0 Å². The van der Waals surface area contributed by atoms with Crippen molar-refractivity contribution in [1.29, 1.82) is 0 Å². The Morgan fingerprint density at radius 3 is 2.61 bits per heavy atom. The Morgan fingerprint density at radius 1 is 1.39 bits per heavy atom. The Morgan fingerprint density at radius 2 is 2.09 bits per heavy atom. The van der Waals surface area contributed by atoms with Gasteiger partial charge in [-0.1, -0.05) is 6.92 Å². The molecule has 0 radical (unpaired) electrons. The minimum atomic E-state index is -3.11. The fourth-order valence-corrected chi connectivity index (χ4v) is 4.65. The predicted molar refractivity (Wildman–Crippen MR) is 101 cm³/mol. The summed E-state index contributed by atoms with van der Waals surface area (Å²) in [7, 11) is -3.11. The lowest BCUT2D eigenvalue weighted by molar-refractivity contribution is 0.375. The van der Waals surface area contributed by atoms with E-state index in [-0.39, 0.29) is 4.75 Å². The van der Waals surface area contributed by atoms with E-state index in [2.05, 4.69) is 31.0 Å². The van der Waals surface area contributed by atoms with E-state index < -0.39 is 10.0 Å². The molecule has 0 amide bonds. The summed E-state index contributed by atoms with van der Waals surface area (Å²) in [6.45, 7) is 13.0. The predicted octanol–water partition coefficient (Wildman–Crippen LogP) is 1.45. The summed E-state index contributed by atoms with van der Waals surface area (Å²) in [5, 5.41) is 3.36. The third kappa shape index (κ3) is 7.30. The van der Waals surface area contributed by atoms with Crippen molar-refractivity contribution >= 4 is 27.7 Å². The molecule has 1 N–H and O–H groups in total. The molecule has 1 aliphatic rings. The van der Waals surface area contributed by atoms with Crippen LogP contribution >= 0.6 is 11.8 Å². The van der Waals surface area contributed by atoms with Crippen molar-refractivity contribution in [2.24, 2.45) is 4.99 Å². The number of nitrogens with zero attached hydrogens (tertiary/aromatic N) is 3. The summed E-state index contributed by atoms with van der Waals surface area (Å²) in [6, 6.07) is 0. The zero-order valence-electron chi connectivity index (χ0n) is 15.1. The summed E-state index contributed by atoms with van der Waals surface area (Å²) < 4.78 is 24.9. The van der Waals surface area contributed by atoms with Crippen molar-refractivity contribution in [3.63, 3.8) is 0 Å². The average Bonchev–Trinajstić information content (AvgIpc) is 2.43. The minimum Gasteiger partial charge on any atom is -0.357 e. The molecule has 0 aromatic heterocycles. The third-order valence-corrected chi connectivity index (χ3v) is 6.39. The number of hydrogen-bond acceptors (Lipinski definition) is 4. The largest absolute Gasteiger partial charge is 0.357 e. The normalized spacial score (nSPS) is 19.2. The van der Waals surface area contributed by atoms with Gasteiger partial charge >= 0.3 is 0 Å². The lowest BCUT2D eigenvalue weighted by atomic mass is 10.2. The van der Waals surface area contributed by atoms with Crippen LogP contribution in [0, 0.1) is 0 Å². The molecule has 1 aliphatic heterocycles. The van der Waals surface area contributed by atoms with Gasteiger partial charge in [0.15, 0.2) is 5.96 Å². The van der Waals surface area contributed by atoms with Crippen molar-refractivity contribution in [1.82, 2.24) is 14.5 Å². The number of thioether (sulfide) groups is 1. The van der Waals surface area contributed by atoms with Crippen LogP contribution in [0.5, 0.6) is 0 Å². The minimum absolute atomic E-state index is 0.240. The zero-order chi connectivity index (χ0) is 17.5. The Labute approximate surface area is 146 Å². The van der Waals surface area contributed by atoms with Crippen molar-refractivity contribution in [2.75, 3.05) is 51.3 Å². The van der Waals surface area contributed by atoms with Crippen LogP contribution in [0.15, 0.2) is 4.99 Å². The van der Waals surface area contributed by atoms with Crippen molar-refractivity contribution in [3.8, 4) is 0 Å².